The molecule has 0 bridgehead atoms. The van der Waals surface area contributed by atoms with E-state index in [2.05, 4.69) is 19.6 Å². The first-order chi connectivity index (χ1) is 10.4. The standard InChI is InChI=1S/C19H24O3/c1-5-15-9-11-17(12-10-15)21-18(20)22-19(3,4)16-8-6-7-14(2)13-16/h5,7,9-12,16H,1,6,8,13H2,2-4H3. The third-order valence-corrected chi connectivity index (χ3v) is 4.22. The second kappa shape index (κ2) is 6.82. The van der Waals surface area contributed by atoms with Gasteiger partial charge in [0.15, 0.2) is 0 Å². The summed E-state index contributed by atoms with van der Waals surface area (Å²) in [4.78, 5) is 12.0. The summed E-state index contributed by atoms with van der Waals surface area (Å²) in [5.41, 5.74) is 1.81. The molecule has 118 valence electrons. The normalized spacial score (nSPS) is 18.3. The predicted molar refractivity (Wildman–Crippen MR) is 88.8 cm³/mol. The molecule has 0 radical (unpaired) electrons. The molecule has 1 aliphatic carbocycles. The maximum atomic E-state index is 12.0. The molecule has 3 nitrogen and oxygen atoms in total. The lowest BCUT2D eigenvalue weighted by molar-refractivity contribution is -0.0317. The second-order valence-corrected chi connectivity index (χ2v) is 6.36. The van der Waals surface area contributed by atoms with E-state index in [1.54, 1.807) is 18.2 Å². The molecule has 3 heteroatoms. The predicted octanol–water partition coefficient (Wildman–Crippen LogP) is 5.37. The Balaban J connectivity index is 1.94. The largest absolute Gasteiger partial charge is 0.514 e. The van der Waals surface area contributed by atoms with E-state index < -0.39 is 11.8 Å². The average molecular weight is 300 g/mol. The Morgan fingerprint density at radius 3 is 2.59 bits per heavy atom. The van der Waals surface area contributed by atoms with Gasteiger partial charge in [0.25, 0.3) is 0 Å². The lowest BCUT2D eigenvalue weighted by Crippen LogP contribution is -2.38. The molecule has 2 rings (SSSR count). The highest BCUT2D eigenvalue weighted by Crippen LogP contribution is 2.35. The number of benzene rings is 1. The van der Waals surface area contributed by atoms with E-state index in [9.17, 15) is 4.79 Å². The molecule has 1 aromatic rings. The van der Waals surface area contributed by atoms with Gasteiger partial charge in [-0.1, -0.05) is 36.4 Å². The van der Waals surface area contributed by atoms with E-state index in [0.29, 0.717) is 11.7 Å². The van der Waals surface area contributed by atoms with Gasteiger partial charge in [-0.2, -0.15) is 0 Å². The monoisotopic (exact) mass is 300 g/mol. The van der Waals surface area contributed by atoms with Gasteiger partial charge in [-0.05, 0) is 57.7 Å². The number of ether oxygens (including phenoxy) is 2. The van der Waals surface area contributed by atoms with Crippen LogP contribution in [0.3, 0.4) is 0 Å². The van der Waals surface area contributed by atoms with Crippen molar-refractivity contribution < 1.29 is 14.3 Å². The molecule has 0 N–H and O–H groups in total. The van der Waals surface area contributed by atoms with Crippen molar-refractivity contribution >= 4 is 12.2 Å². The zero-order valence-corrected chi connectivity index (χ0v) is 13.6. The molecule has 0 aliphatic heterocycles. The highest BCUT2D eigenvalue weighted by Gasteiger charge is 2.34. The van der Waals surface area contributed by atoms with Crippen molar-refractivity contribution in [3.05, 3.63) is 48.1 Å². The highest BCUT2D eigenvalue weighted by atomic mass is 16.7. The van der Waals surface area contributed by atoms with Crippen molar-refractivity contribution in [2.75, 3.05) is 0 Å². The Bertz CT molecular complexity index is 567. The van der Waals surface area contributed by atoms with Gasteiger partial charge in [0.1, 0.15) is 11.4 Å². The molecule has 1 aromatic carbocycles. The van der Waals surface area contributed by atoms with Crippen molar-refractivity contribution in [2.24, 2.45) is 5.92 Å². The maximum absolute atomic E-state index is 12.0. The Morgan fingerprint density at radius 2 is 2.00 bits per heavy atom. The zero-order valence-electron chi connectivity index (χ0n) is 13.6. The molecular formula is C19H24O3. The molecular weight excluding hydrogens is 276 g/mol. The van der Waals surface area contributed by atoms with Crippen molar-refractivity contribution in [3.8, 4) is 5.75 Å². The fourth-order valence-electron chi connectivity index (χ4n) is 2.79. The van der Waals surface area contributed by atoms with Gasteiger partial charge in [0.2, 0.25) is 0 Å². The first-order valence-electron chi connectivity index (χ1n) is 7.69. The summed E-state index contributed by atoms with van der Waals surface area (Å²) in [5, 5.41) is 0. The van der Waals surface area contributed by atoms with Gasteiger partial charge in [0.05, 0.1) is 0 Å². The van der Waals surface area contributed by atoms with E-state index >= 15 is 0 Å². The lowest BCUT2D eigenvalue weighted by atomic mass is 9.79. The maximum Gasteiger partial charge on any atom is 0.514 e. The molecule has 0 aromatic heterocycles. The summed E-state index contributed by atoms with van der Waals surface area (Å²) >= 11 is 0. The molecule has 0 fully saturated rings. The molecule has 0 spiro atoms. The van der Waals surface area contributed by atoms with Crippen LogP contribution in [0, 0.1) is 5.92 Å². The Kier molecular flexibility index (Phi) is 5.07. The molecule has 0 saturated carbocycles. The zero-order chi connectivity index (χ0) is 16.2. The highest BCUT2D eigenvalue weighted by molar-refractivity contribution is 5.64. The number of hydrogen-bond donors (Lipinski definition) is 0. The summed E-state index contributed by atoms with van der Waals surface area (Å²) in [6.45, 7) is 9.73. The van der Waals surface area contributed by atoms with Crippen LogP contribution >= 0.6 is 0 Å². The van der Waals surface area contributed by atoms with Crippen LogP contribution in [0.5, 0.6) is 5.75 Å². The van der Waals surface area contributed by atoms with E-state index in [1.165, 1.54) is 5.57 Å². The van der Waals surface area contributed by atoms with Gasteiger partial charge in [0, 0.05) is 5.92 Å². The van der Waals surface area contributed by atoms with Crippen LogP contribution in [0.15, 0.2) is 42.5 Å². The fourth-order valence-corrected chi connectivity index (χ4v) is 2.79. The summed E-state index contributed by atoms with van der Waals surface area (Å²) in [5.74, 6) is 0.805. The van der Waals surface area contributed by atoms with Crippen LogP contribution in [0.2, 0.25) is 0 Å². The van der Waals surface area contributed by atoms with Gasteiger partial charge < -0.3 is 9.47 Å². The molecule has 1 unspecified atom stereocenters. The summed E-state index contributed by atoms with van der Waals surface area (Å²) in [6, 6.07) is 7.16. The first kappa shape index (κ1) is 16.3. The quantitative estimate of drug-likeness (QED) is 0.426. The minimum absolute atomic E-state index is 0.327. The Labute approximate surface area is 132 Å². The van der Waals surface area contributed by atoms with Crippen LogP contribution in [-0.2, 0) is 4.74 Å². The van der Waals surface area contributed by atoms with Gasteiger partial charge in [-0.15, -0.1) is 0 Å². The van der Waals surface area contributed by atoms with Crippen molar-refractivity contribution in [3.63, 3.8) is 0 Å². The number of allylic oxidation sites excluding steroid dienone is 2. The Morgan fingerprint density at radius 1 is 1.32 bits per heavy atom. The van der Waals surface area contributed by atoms with Gasteiger partial charge >= 0.3 is 6.16 Å². The first-order valence-corrected chi connectivity index (χ1v) is 7.69. The molecule has 22 heavy (non-hydrogen) atoms. The SMILES string of the molecule is C=Cc1ccc(OC(=O)OC(C)(C)C2CCC=C(C)C2)cc1. The number of carbonyl (C=O) groups excluding carboxylic acids is 1. The van der Waals surface area contributed by atoms with Gasteiger partial charge in [-0.25, -0.2) is 4.79 Å². The van der Waals surface area contributed by atoms with Crippen LogP contribution < -0.4 is 4.74 Å². The Hall–Kier alpha value is -2.03. The van der Waals surface area contributed by atoms with Crippen molar-refractivity contribution in [1.29, 1.82) is 0 Å². The van der Waals surface area contributed by atoms with Crippen LogP contribution in [0.4, 0.5) is 4.79 Å². The van der Waals surface area contributed by atoms with Crippen molar-refractivity contribution in [2.45, 2.75) is 45.6 Å². The molecule has 0 saturated heterocycles. The third-order valence-electron chi connectivity index (χ3n) is 4.22. The van der Waals surface area contributed by atoms with E-state index in [4.69, 9.17) is 9.47 Å². The van der Waals surface area contributed by atoms with Gasteiger partial charge in [-0.3, -0.25) is 0 Å². The third kappa shape index (κ3) is 4.23. The summed E-state index contributed by atoms with van der Waals surface area (Å²) < 4.78 is 10.8. The van der Waals surface area contributed by atoms with E-state index in [0.717, 1.165) is 24.8 Å². The smallest absolute Gasteiger partial charge is 0.428 e. The minimum Gasteiger partial charge on any atom is -0.428 e. The molecule has 1 atom stereocenters. The number of rotatable bonds is 4. The van der Waals surface area contributed by atoms with Crippen LogP contribution in [-0.4, -0.2) is 11.8 Å². The second-order valence-electron chi connectivity index (χ2n) is 6.36. The molecule has 0 heterocycles. The van der Waals surface area contributed by atoms with E-state index in [-0.39, 0.29) is 0 Å². The fraction of sp³-hybridized carbons (Fsp3) is 0.421. The topological polar surface area (TPSA) is 35.5 Å². The summed E-state index contributed by atoms with van der Waals surface area (Å²) in [6.07, 6.45) is 6.39. The minimum atomic E-state index is -0.649. The van der Waals surface area contributed by atoms with E-state index in [1.807, 2.05) is 26.0 Å². The van der Waals surface area contributed by atoms with Crippen molar-refractivity contribution in [1.82, 2.24) is 0 Å². The van der Waals surface area contributed by atoms with Crippen LogP contribution in [0.25, 0.3) is 6.08 Å². The van der Waals surface area contributed by atoms with Crippen LogP contribution in [0.1, 0.15) is 45.6 Å². The molecule has 1 aliphatic rings. The average Bonchev–Trinajstić information content (AvgIpc) is 2.47. The number of carbonyl (C=O) groups is 1. The number of hydrogen-bond acceptors (Lipinski definition) is 3. The summed E-state index contributed by atoms with van der Waals surface area (Å²) in [7, 11) is 0. The lowest BCUT2D eigenvalue weighted by Gasteiger charge is -2.35. The molecule has 0 amide bonds.